The Balaban J connectivity index is 1.81. The number of nitrogens with one attached hydrogen (secondary N) is 1. The highest BCUT2D eigenvalue weighted by Gasteiger charge is 2.37. The van der Waals surface area contributed by atoms with E-state index in [4.69, 9.17) is 14.0 Å². The largest absolute Gasteiger partial charge is 0.466 e. The third kappa shape index (κ3) is 8.99. The molecule has 1 amide bonds. The van der Waals surface area contributed by atoms with Crippen molar-refractivity contribution in [3.05, 3.63) is 108 Å². The lowest BCUT2D eigenvalue weighted by molar-refractivity contribution is -0.142. The molecule has 0 aliphatic heterocycles. The summed E-state index contributed by atoms with van der Waals surface area (Å²) in [6.45, 7) is 2.09. The van der Waals surface area contributed by atoms with Gasteiger partial charge >= 0.3 is 12.1 Å². The van der Waals surface area contributed by atoms with Gasteiger partial charge in [0.15, 0.2) is 0 Å². The van der Waals surface area contributed by atoms with Gasteiger partial charge in [-0.25, -0.2) is 4.79 Å². The zero-order valence-electron chi connectivity index (χ0n) is 20.4. The van der Waals surface area contributed by atoms with E-state index in [-0.39, 0.29) is 38.8 Å². The van der Waals surface area contributed by atoms with Gasteiger partial charge in [-0.05, 0) is 23.6 Å². The van der Waals surface area contributed by atoms with Gasteiger partial charge in [0, 0.05) is 12.6 Å². The van der Waals surface area contributed by atoms with Crippen LogP contribution in [0.2, 0.25) is 0 Å². The smallest absolute Gasteiger partial charge is 0.408 e. The third-order valence-corrected chi connectivity index (χ3v) is 8.14. The number of carbonyl (C=O) groups excluding carboxylic acids is 2. The molecule has 0 fully saturated rings. The fourth-order valence-electron chi connectivity index (χ4n) is 3.58. The minimum atomic E-state index is -3.60. The first-order valence-electron chi connectivity index (χ1n) is 11.9. The number of carbonyl (C=O) groups is 2. The standard InChI is InChI=1S/C28H32NO6P/c1-2-33-27(30)18-19-36(32,35-22-25-16-10-5-11-17-25)26(20-23-12-6-3-7-13-23)29-28(31)34-21-24-14-8-4-9-15-24/h3-17,26H,2,18-22H2,1H3,(H,29,31). The Bertz CT molecular complexity index is 1120. The van der Waals surface area contributed by atoms with Crippen molar-refractivity contribution in [3.8, 4) is 0 Å². The van der Waals surface area contributed by atoms with Crippen LogP contribution in [-0.2, 0) is 43.0 Å². The van der Waals surface area contributed by atoms with Crippen molar-refractivity contribution in [2.24, 2.45) is 0 Å². The average molecular weight is 510 g/mol. The highest BCUT2D eigenvalue weighted by atomic mass is 31.2. The van der Waals surface area contributed by atoms with Crippen LogP contribution in [0.25, 0.3) is 0 Å². The van der Waals surface area contributed by atoms with Crippen molar-refractivity contribution < 1.29 is 28.2 Å². The number of benzene rings is 3. The number of ether oxygens (including phenoxy) is 2. The van der Waals surface area contributed by atoms with Crippen LogP contribution >= 0.6 is 7.37 Å². The molecule has 0 radical (unpaired) electrons. The van der Waals surface area contributed by atoms with Crippen LogP contribution in [0.15, 0.2) is 91.0 Å². The number of hydrogen-bond acceptors (Lipinski definition) is 6. The second-order valence-corrected chi connectivity index (χ2v) is 11.0. The normalized spacial score (nSPS) is 13.2. The number of rotatable bonds is 13. The van der Waals surface area contributed by atoms with E-state index in [1.54, 1.807) is 6.92 Å². The summed E-state index contributed by atoms with van der Waals surface area (Å²) in [6.07, 6.45) is -0.628. The summed E-state index contributed by atoms with van der Waals surface area (Å²) in [5.41, 5.74) is 2.53. The van der Waals surface area contributed by atoms with Crippen molar-refractivity contribution in [3.63, 3.8) is 0 Å². The van der Waals surface area contributed by atoms with Crippen molar-refractivity contribution in [1.82, 2.24) is 5.32 Å². The molecule has 0 aliphatic rings. The zero-order valence-corrected chi connectivity index (χ0v) is 21.3. The Labute approximate surface area is 212 Å². The molecule has 0 aliphatic carbocycles. The molecule has 36 heavy (non-hydrogen) atoms. The van der Waals surface area contributed by atoms with Crippen LogP contribution in [0.3, 0.4) is 0 Å². The van der Waals surface area contributed by atoms with Gasteiger partial charge in [0.1, 0.15) is 12.4 Å². The maximum absolute atomic E-state index is 14.3. The van der Waals surface area contributed by atoms with Crippen molar-refractivity contribution in [2.45, 2.75) is 38.8 Å². The molecule has 0 bridgehead atoms. The van der Waals surface area contributed by atoms with E-state index >= 15 is 0 Å². The molecule has 190 valence electrons. The molecule has 0 aromatic heterocycles. The first-order valence-corrected chi connectivity index (χ1v) is 13.8. The van der Waals surface area contributed by atoms with E-state index in [1.165, 1.54) is 0 Å². The highest BCUT2D eigenvalue weighted by molar-refractivity contribution is 7.59. The molecule has 0 saturated carbocycles. The molecule has 3 aromatic carbocycles. The summed E-state index contributed by atoms with van der Waals surface area (Å²) in [5.74, 6) is -1.37. The van der Waals surface area contributed by atoms with E-state index in [0.29, 0.717) is 0 Å². The van der Waals surface area contributed by atoms with Gasteiger partial charge in [-0.3, -0.25) is 9.36 Å². The van der Waals surface area contributed by atoms with Gasteiger partial charge in [0.2, 0.25) is 7.37 Å². The van der Waals surface area contributed by atoms with E-state index in [2.05, 4.69) is 5.32 Å². The Morgan fingerprint density at radius 1 is 0.778 bits per heavy atom. The molecule has 2 atom stereocenters. The van der Waals surface area contributed by atoms with Crippen LogP contribution < -0.4 is 5.32 Å². The fourth-order valence-corrected chi connectivity index (χ4v) is 5.85. The molecule has 0 spiro atoms. The second-order valence-electron chi connectivity index (χ2n) is 8.18. The number of amides is 1. The maximum atomic E-state index is 14.3. The Morgan fingerprint density at radius 2 is 1.31 bits per heavy atom. The lowest BCUT2D eigenvalue weighted by Gasteiger charge is -2.28. The SMILES string of the molecule is CCOC(=O)CCP(=O)(OCc1ccccc1)C(Cc1ccccc1)NC(=O)OCc1ccccc1. The van der Waals surface area contributed by atoms with Crippen LogP contribution in [0, 0.1) is 0 Å². The Hall–Kier alpha value is -3.41. The summed E-state index contributed by atoms with van der Waals surface area (Å²) in [5, 5.41) is 2.77. The van der Waals surface area contributed by atoms with Gasteiger partial charge in [-0.1, -0.05) is 91.0 Å². The average Bonchev–Trinajstić information content (AvgIpc) is 2.91. The summed E-state index contributed by atoms with van der Waals surface area (Å²) in [4.78, 5) is 24.9. The highest BCUT2D eigenvalue weighted by Crippen LogP contribution is 2.53. The summed E-state index contributed by atoms with van der Waals surface area (Å²) in [6, 6.07) is 28.0. The molecular weight excluding hydrogens is 477 g/mol. The minimum absolute atomic E-state index is 0.0722. The number of hydrogen-bond donors (Lipinski definition) is 1. The lowest BCUT2D eigenvalue weighted by Crippen LogP contribution is -2.38. The lowest BCUT2D eigenvalue weighted by atomic mass is 10.1. The molecule has 0 saturated heterocycles. The number of esters is 1. The van der Waals surface area contributed by atoms with Crippen LogP contribution in [0.5, 0.6) is 0 Å². The van der Waals surface area contributed by atoms with Gasteiger partial charge in [0.25, 0.3) is 0 Å². The zero-order chi connectivity index (χ0) is 25.6. The Kier molecular flexibility index (Phi) is 10.7. The molecule has 0 heterocycles. The van der Waals surface area contributed by atoms with Gasteiger partial charge in [-0.2, -0.15) is 0 Å². The first-order chi connectivity index (χ1) is 17.5. The minimum Gasteiger partial charge on any atom is -0.466 e. The topological polar surface area (TPSA) is 90.9 Å². The second kappa shape index (κ2) is 14.2. The quantitative estimate of drug-likeness (QED) is 0.227. The Morgan fingerprint density at radius 3 is 1.86 bits per heavy atom. The number of alkyl carbamates (subject to hydrolysis) is 1. The molecular formula is C28H32NO6P. The van der Waals surface area contributed by atoms with Crippen molar-refractivity contribution >= 4 is 19.4 Å². The summed E-state index contributed by atoms with van der Waals surface area (Å²) < 4.78 is 30.8. The van der Waals surface area contributed by atoms with E-state index in [9.17, 15) is 14.2 Å². The van der Waals surface area contributed by atoms with Crippen molar-refractivity contribution in [2.75, 3.05) is 12.8 Å². The van der Waals surface area contributed by atoms with E-state index < -0.39 is 25.2 Å². The summed E-state index contributed by atoms with van der Waals surface area (Å²) in [7, 11) is -3.60. The molecule has 3 rings (SSSR count). The fraction of sp³-hybridized carbons (Fsp3) is 0.286. The first kappa shape index (κ1) is 27.2. The predicted molar refractivity (Wildman–Crippen MR) is 139 cm³/mol. The molecule has 8 heteroatoms. The van der Waals surface area contributed by atoms with Gasteiger partial charge < -0.3 is 19.3 Å². The molecule has 1 N–H and O–H groups in total. The molecule has 7 nitrogen and oxygen atoms in total. The third-order valence-electron chi connectivity index (χ3n) is 5.47. The van der Waals surface area contributed by atoms with Gasteiger partial charge in [-0.15, -0.1) is 0 Å². The summed E-state index contributed by atoms with van der Waals surface area (Å²) >= 11 is 0. The van der Waals surface area contributed by atoms with Gasteiger partial charge in [0.05, 0.1) is 19.6 Å². The van der Waals surface area contributed by atoms with E-state index in [1.807, 2.05) is 91.0 Å². The van der Waals surface area contributed by atoms with E-state index in [0.717, 1.165) is 16.7 Å². The maximum Gasteiger partial charge on any atom is 0.408 e. The van der Waals surface area contributed by atoms with Crippen LogP contribution in [-0.4, -0.2) is 30.6 Å². The van der Waals surface area contributed by atoms with Crippen molar-refractivity contribution in [1.29, 1.82) is 0 Å². The monoisotopic (exact) mass is 509 g/mol. The predicted octanol–water partition coefficient (Wildman–Crippen LogP) is 5.93. The van der Waals surface area contributed by atoms with Crippen LogP contribution in [0.1, 0.15) is 30.0 Å². The molecule has 2 unspecified atom stereocenters. The molecule has 3 aromatic rings. The van der Waals surface area contributed by atoms with Crippen LogP contribution in [0.4, 0.5) is 4.79 Å².